The second kappa shape index (κ2) is 9.35. The van der Waals surface area contributed by atoms with E-state index in [1.807, 2.05) is 0 Å². The van der Waals surface area contributed by atoms with Crippen molar-refractivity contribution in [2.45, 2.75) is 51.6 Å². The molecule has 0 unspecified atom stereocenters. The van der Waals surface area contributed by atoms with Gasteiger partial charge in [0.2, 0.25) is 5.91 Å². The number of benzene rings is 1. The lowest BCUT2D eigenvalue weighted by atomic mass is 9.90. The number of rotatable bonds is 7. The van der Waals surface area contributed by atoms with Crippen molar-refractivity contribution in [2.24, 2.45) is 5.92 Å². The summed E-state index contributed by atoms with van der Waals surface area (Å²) < 4.78 is 5.55. The van der Waals surface area contributed by atoms with Crippen LogP contribution in [-0.2, 0) is 16.0 Å². The number of ether oxygens (including phenoxy) is 1. The number of nitrogens with zero attached hydrogens (tertiary/aromatic N) is 1. The largest absolute Gasteiger partial charge is 0.376 e. The minimum Gasteiger partial charge on any atom is -0.376 e. The molecule has 2 saturated heterocycles. The fourth-order valence-electron chi connectivity index (χ4n) is 3.85. The third-order valence-electron chi connectivity index (χ3n) is 5.59. The fourth-order valence-corrected chi connectivity index (χ4v) is 3.85. The summed E-state index contributed by atoms with van der Waals surface area (Å²) >= 11 is 0. The lowest BCUT2D eigenvalue weighted by Gasteiger charge is -2.31. The van der Waals surface area contributed by atoms with Crippen molar-refractivity contribution in [3.8, 4) is 0 Å². The Hall–Kier alpha value is -1.39. The van der Waals surface area contributed by atoms with Gasteiger partial charge < -0.3 is 10.1 Å². The monoisotopic (exact) mass is 344 g/mol. The smallest absolute Gasteiger partial charge is 0.234 e. The molecule has 4 nitrogen and oxygen atoms in total. The Morgan fingerprint density at radius 3 is 2.64 bits per heavy atom. The summed E-state index contributed by atoms with van der Waals surface area (Å²) in [4.78, 5) is 14.4. The molecule has 25 heavy (non-hydrogen) atoms. The highest BCUT2D eigenvalue weighted by Gasteiger charge is 2.21. The van der Waals surface area contributed by atoms with Crippen LogP contribution in [0.25, 0.3) is 0 Å². The molecule has 1 atom stereocenters. The van der Waals surface area contributed by atoms with Crippen LogP contribution < -0.4 is 5.32 Å². The van der Waals surface area contributed by atoms with E-state index in [1.54, 1.807) is 0 Å². The first-order valence-corrected chi connectivity index (χ1v) is 9.85. The molecule has 0 aromatic heterocycles. The molecule has 0 saturated carbocycles. The Labute approximate surface area is 151 Å². The van der Waals surface area contributed by atoms with Crippen molar-refractivity contribution in [3.05, 3.63) is 35.4 Å². The van der Waals surface area contributed by atoms with E-state index in [4.69, 9.17) is 4.74 Å². The van der Waals surface area contributed by atoms with Crippen molar-refractivity contribution in [2.75, 3.05) is 32.8 Å². The number of carbonyl (C=O) groups excluding carboxylic acids is 1. The summed E-state index contributed by atoms with van der Waals surface area (Å²) in [6, 6.07) is 8.91. The van der Waals surface area contributed by atoms with E-state index in [0.717, 1.165) is 38.5 Å². The Morgan fingerprint density at radius 1 is 1.20 bits per heavy atom. The highest BCUT2D eigenvalue weighted by atomic mass is 16.5. The highest BCUT2D eigenvalue weighted by Crippen LogP contribution is 2.22. The van der Waals surface area contributed by atoms with Gasteiger partial charge in [-0.1, -0.05) is 29.8 Å². The SMILES string of the molecule is Cc1ccc(CCC2CCN(CC(=O)NC[C@H]3CCCO3)CC2)cc1. The summed E-state index contributed by atoms with van der Waals surface area (Å²) in [5.74, 6) is 0.945. The molecule has 2 fully saturated rings. The first kappa shape index (κ1) is 18.4. The van der Waals surface area contributed by atoms with Crippen LogP contribution in [0.2, 0.25) is 0 Å². The molecule has 1 N–H and O–H groups in total. The van der Waals surface area contributed by atoms with Gasteiger partial charge in [0.25, 0.3) is 0 Å². The molecule has 4 heteroatoms. The van der Waals surface area contributed by atoms with Gasteiger partial charge in [-0.05, 0) is 70.0 Å². The summed E-state index contributed by atoms with van der Waals surface area (Å²) in [5.41, 5.74) is 2.77. The van der Waals surface area contributed by atoms with Gasteiger partial charge in [0.1, 0.15) is 0 Å². The van der Waals surface area contributed by atoms with Crippen LogP contribution in [0.15, 0.2) is 24.3 Å². The van der Waals surface area contributed by atoms with Gasteiger partial charge in [-0.25, -0.2) is 0 Å². The molecule has 2 heterocycles. The first-order chi connectivity index (χ1) is 12.2. The number of piperidine rings is 1. The van der Waals surface area contributed by atoms with Crippen LogP contribution >= 0.6 is 0 Å². The Kier molecular flexibility index (Phi) is 6.88. The lowest BCUT2D eigenvalue weighted by molar-refractivity contribution is -0.123. The maximum absolute atomic E-state index is 12.1. The number of hydrogen-bond donors (Lipinski definition) is 1. The topological polar surface area (TPSA) is 41.6 Å². The number of hydrogen-bond acceptors (Lipinski definition) is 3. The molecule has 0 spiro atoms. The normalized spacial score (nSPS) is 22.2. The summed E-state index contributed by atoms with van der Waals surface area (Å²) in [5, 5.41) is 3.03. The van der Waals surface area contributed by atoms with Crippen LogP contribution in [0.1, 0.15) is 43.2 Å². The van der Waals surface area contributed by atoms with Gasteiger partial charge in [0.05, 0.1) is 12.6 Å². The van der Waals surface area contributed by atoms with Crippen LogP contribution in [0, 0.1) is 12.8 Å². The number of aryl methyl sites for hydroxylation is 2. The number of likely N-dealkylation sites (tertiary alicyclic amines) is 1. The van der Waals surface area contributed by atoms with Crippen LogP contribution in [0.5, 0.6) is 0 Å². The van der Waals surface area contributed by atoms with E-state index >= 15 is 0 Å². The summed E-state index contributed by atoms with van der Waals surface area (Å²) in [6.45, 7) is 6.29. The van der Waals surface area contributed by atoms with E-state index in [-0.39, 0.29) is 12.0 Å². The van der Waals surface area contributed by atoms with E-state index in [1.165, 1.54) is 36.8 Å². The highest BCUT2D eigenvalue weighted by molar-refractivity contribution is 5.78. The molecule has 2 aliphatic rings. The second-order valence-corrected chi connectivity index (χ2v) is 7.68. The minimum absolute atomic E-state index is 0.147. The minimum atomic E-state index is 0.147. The molecule has 138 valence electrons. The molecule has 1 aromatic rings. The van der Waals surface area contributed by atoms with E-state index < -0.39 is 0 Å². The van der Waals surface area contributed by atoms with Gasteiger partial charge >= 0.3 is 0 Å². The van der Waals surface area contributed by atoms with Crippen molar-refractivity contribution in [3.63, 3.8) is 0 Å². The standard InChI is InChI=1S/C21H32N2O2/c1-17-4-6-18(7-5-17)8-9-19-10-12-23(13-11-19)16-21(24)22-15-20-3-2-14-25-20/h4-7,19-20H,2-3,8-16H2,1H3,(H,22,24)/t20-/m1/s1. The molecule has 3 rings (SSSR count). The van der Waals surface area contributed by atoms with Gasteiger partial charge in [-0.3, -0.25) is 9.69 Å². The van der Waals surface area contributed by atoms with Crippen molar-refractivity contribution < 1.29 is 9.53 Å². The molecule has 0 bridgehead atoms. The number of nitrogens with one attached hydrogen (secondary N) is 1. The van der Waals surface area contributed by atoms with E-state index in [0.29, 0.717) is 13.1 Å². The molecule has 0 aliphatic carbocycles. The molecular weight excluding hydrogens is 312 g/mol. The number of amides is 1. The maximum Gasteiger partial charge on any atom is 0.234 e. The van der Waals surface area contributed by atoms with Crippen molar-refractivity contribution in [1.82, 2.24) is 10.2 Å². The second-order valence-electron chi connectivity index (χ2n) is 7.68. The average Bonchev–Trinajstić information content (AvgIpc) is 3.14. The predicted molar refractivity (Wildman–Crippen MR) is 101 cm³/mol. The molecular formula is C21H32N2O2. The van der Waals surface area contributed by atoms with Gasteiger partial charge in [-0.15, -0.1) is 0 Å². The third kappa shape index (κ3) is 6.12. The zero-order valence-electron chi connectivity index (χ0n) is 15.5. The zero-order valence-corrected chi connectivity index (χ0v) is 15.5. The first-order valence-electron chi connectivity index (χ1n) is 9.85. The molecule has 1 aromatic carbocycles. The quantitative estimate of drug-likeness (QED) is 0.827. The predicted octanol–water partition coefficient (Wildman–Crippen LogP) is 2.93. The maximum atomic E-state index is 12.1. The number of carbonyl (C=O) groups is 1. The van der Waals surface area contributed by atoms with Crippen molar-refractivity contribution in [1.29, 1.82) is 0 Å². The average molecular weight is 344 g/mol. The Morgan fingerprint density at radius 2 is 1.96 bits per heavy atom. The molecule has 2 aliphatic heterocycles. The van der Waals surface area contributed by atoms with Crippen LogP contribution in [-0.4, -0.2) is 49.7 Å². The van der Waals surface area contributed by atoms with Crippen LogP contribution in [0.3, 0.4) is 0 Å². The Balaban J connectivity index is 1.30. The van der Waals surface area contributed by atoms with Gasteiger partial charge in [0.15, 0.2) is 0 Å². The van der Waals surface area contributed by atoms with Crippen LogP contribution in [0.4, 0.5) is 0 Å². The van der Waals surface area contributed by atoms with Gasteiger partial charge in [0, 0.05) is 13.2 Å². The molecule has 0 radical (unpaired) electrons. The van der Waals surface area contributed by atoms with Crippen molar-refractivity contribution >= 4 is 5.91 Å². The van der Waals surface area contributed by atoms with E-state index in [9.17, 15) is 4.79 Å². The van der Waals surface area contributed by atoms with E-state index in [2.05, 4.69) is 41.4 Å². The zero-order chi connectivity index (χ0) is 17.5. The molecule has 1 amide bonds. The Bertz CT molecular complexity index is 529. The summed E-state index contributed by atoms with van der Waals surface area (Å²) in [6.07, 6.45) is 7.30. The fraction of sp³-hybridized carbons (Fsp3) is 0.667. The third-order valence-corrected chi connectivity index (χ3v) is 5.59. The van der Waals surface area contributed by atoms with Gasteiger partial charge in [-0.2, -0.15) is 0 Å². The summed E-state index contributed by atoms with van der Waals surface area (Å²) in [7, 11) is 0. The lowest BCUT2D eigenvalue weighted by Crippen LogP contribution is -2.43.